The van der Waals surface area contributed by atoms with Gasteiger partial charge in [0.2, 0.25) is 5.91 Å². The third-order valence-corrected chi connectivity index (χ3v) is 14.9. The molecular weight excluding hydrogens is 578 g/mol. The summed E-state index contributed by atoms with van der Waals surface area (Å²) in [5.74, 6) is 2.46. The van der Waals surface area contributed by atoms with Crippen LogP contribution in [-0.2, 0) is 9.22 Å². The molecule has 6 heteroatoms. The van der Waals surface area contributed by atoms with Gasteiger partial charge in [0.05, 0.1) is 7.11 Å². The van der Waals surface area contributed by atoms with Crippen LogP contribution in [0, 0.1) is 18.8 Å². The molecule has 0 saturated heterocycles. The lowest BCUT2D eigenvalue weighted by molar-refractivity contribution is -0.124. The molecule has 0 heterocycles. The van der Waals surface area contributed by atoms with Crippen molar-refractivity contribution in [1.82, 2.24) is 0 Å². The van der Waals surface area contributed by atoms with E-state index in [1.54, 1.807) is 7.11 Å². The third-order valence-electron chi connectivity index (χ3n) is 9.85. The first kappa shape index (κ1) is 31.3. The van der Waals surface area contributed by atoms with Gasteiger partial charge < -0.3 is 14.1 Å². The van der Waals surface area contributed by atoms with Crippen molar-refractivity contribution in [2.24, 2.45) is 11.8 Å². The van der Waals surface area contributed by atoms with Crippen molar-refractivity contribution in [2.75, 3.05) is 18.6 Å². The zero-order valence-corrected chi connectivity index (χ0v) is 28.4. The number of methoxy groups -OCH3 is 1. The van der Waals surface area contributed by atoms with Crippen LogP contribution < -0.4 is 9.64 Å². The van der Waals surface area contributed by atoms with Gasteiger partial charge in [0, 0.05) is 28.7 Å². The number of hydrogen-bond acceptors (Lipinski definition) is 3. The highest BCUT2D eigenvalue weighted by Crippen LogP contribution is 2.41. The molecule has 0 aliphatic heterocycles. The quantitative estimate of drug-likeness (QED) is 0.273. The van der Waals surface area contributed by atoms with Gasteiger partial charge in [-0.1, -0.05) is 54.9 Å². The predicted molar refractivity (Wildman–Crippen MR) is 173 cm³/mol. The van der Waals surface area contributed by atoms with Gasteiger partial charge in [-0.15, -0.1) is 0 Å². The Labute approximate surface area is 252 Å². The number of nitrogens with zero attached hydrogens (tertiary/aromatic N) is 1. The van der Waals surface area contributed by atoms with Gasteiger partial charge >= 0.3 is 0 Å². The molecule has 0 bridgehead atoms. The number of carbonyl (C=O) groups is 1. The van der Waals surface area contributed by atoms with Gasteiger partial charge in [-0.05, 0) is 124 Å². The normalized spacial score (nSPS) is 24.0. The van der Waals surface area contributed by atoms with Crippen LogP contribution in [0.15, 0.2) is 46.9 Å². The molecule has 0 aromatic heterocycles. The van der Waals surface area contributed by atoms with Crippen LogP contribution in [0.4, 0.5) is 5.69 Å². The summed E-state index contributed by atoms with van der Waals surface area (Å²) in [4.78, 5) is 16.2. The van der Waals surface area contributed by atoms with Crippen molar-refractivity contribution < 1.29 is 14.0 Å². The van der Waals surface area contributed by atoms with Crippen LogP contribution in [0.25, 0.3) is 0 Å². The molecule has 2 saturated carbocycles. The molecule has 0 spiro atoms. The first-order valence-corrected chi connectivity index (χ1v) is 19.0. The van der Waals surface area contributed by atoms with E-state index >= 15 is 0 Å². The Kier molecular flexibility index (Phi) is 10.3. The number of ether oxygens (including phenoxy) is 1. The number of halogens is 1. The minimum Gasteiger partial charge on any atom is -0.496 e. The Morgan fingerprint density at radius 1 is 0.975 bits per heavy atom. The summed E-state index contributed by atoms with van der Waals surface area (Å²) < 4.78 is 13.2. The zero-order valence-electron chi connectivity index (χ0n) is 25.8. The van der Waals surface area contributed by atoms with Crippen molar-refractivity contribution in [2.45, 2.75) is 109 Å². The maximum atomic E-state index is 14.1. The molecule has 2 aliphatic rings. The fourth-order valence-corrected chi connectivity index (χ4v) is 8.11. The molecule has 0 N–H and O–H groups in total. The summed E-state index contributed by atoms with van der Waals surface area (Å²) in [6.45, 7) is 14.5. The van der Waals surface area contributed by atoms with Crippen molar-refractivity contribution in [3.8, 4) is 5.75 Å². The Hall–Kier alpha value is -1.63. The number of aryl methyl sites for hydroxylation is 1. The van der Waals surface area contributed by atoms with Crippen molar-refractivity contribution >= 4 is 35.8 Å². The highest BCUT2D eigenvalue weighted by molar-refractivity contribution is 9.10. The number of benzene rings is 2. The van der Waals surface area contributed by atoms with E-state index in [1.165, 1.54) is 24.0 Å². The van der Waals surface area contributed by atoms with E-state index in [2.05, 4.69) is 92.0 Å². The van der Waals surface area contributed by atoms with E-state index < -0.39 is 8.32 Å². The highest BCUT2D eigenvalue weighted by Gasteiger charge is 2.41. The summed E-state index contributed by atoms with van der Waals surface area (Å²) >= 11 is 3.64. The van der Waals surface area contributed by atoms with E-state index in [1.807, 2.05) is 12.1 Å². The second-order valence-corrected chi connectivity index (χ2v) is 19.4. The number of anilines is 1. The van der Waals surface area contributed by atoms with Crippen LogP contribution in [0.3, 0.4) is 0 Å². The fraction of sp³-hybridized carbons (Fsp3) is 0.618. The molecule has 40 heavy (non-hydrogen) atoms. The molecule has 1 amide bonds. The zero-order chi connectivity index (χ0) is 29.1. The molecule has 0 atom stereocenters. The molecule has 2 fully saturated rings. The summed E-state index contributed by atoms with van der Waals surface area (Å²) in [5, 5.41) is 0.211. The first-order valence-electron chi connectivity index (χ1n) is 15.3. The summed E-state index contributed by atoms with van der Waals surface area (Å²) in [6, 6.07) is 14.9. The van der Waals surface area contributed by atoms with Crippen LogP contribution in [0.1, 0.15) is 89.2 Å². The molecule has 4 rings (SSSR count). The topological polar surface area (TPSA) is 38.8 Å². The lowest BCUT2D eigenvalue weighted by atomic mass is 9.78. The van der Waals surface area contributed by atoms with Gasteiger partial charge in [0.1, 0.15) is 5.75 Å². The summed E-state index contributed by atoms with van der Waals surface area (Å²) in [6.07, 6.45) is 8.77. The Bertz CT molecular complexity index is 1140. The van der Waals surface area contributed by atoms with Gasteiger partial charge in [0.15, 0.2) is 8.32 Å². The Balaban J connectivity index is 1.40. The van der Waals surface area contributed by atoms with Gasteiger partial charge in [0.25, 0.3) is 0 Å². The smallest absolute Gasteiger partial charge is 0.230 e. The second-order valence-electron chi connectivity index (χ2n) is 13.7. The van der Waals surface area contributed by atoms with Crippen LogP contribution in [-0.4, -0.2) is 34.0 Å². The maximum absolute atomic E-state index is 14.1. The average Bonchev–Trinajstić information content (AvgIpc) is 2.91. The van der Waals surface area contributed by atoms with Crippen LogP contribution in [0.2, 0.25) is 18.1 Å². The molecule has 2 aromatic carbocycles. The number of carbonyl (C=O) groups excluding carboxylic acids is 1. The predicted octanol–water partition coefficient (Wildman–Crippen LogP) is 9.65. The van der Waals surface area contributed by atoms with Crippen LogP contribution in [0.5, 0.6) is 5.75 Å². The monoisotopic (exact) mass is 627 g/mol. The molecule has 4 nitrogen and oxygen atoms in total. The Morgan fingerprint density at radius 2 is 1.65 bits per heavy atom. The van der Waals surface area contributed by atoms with E-state index in [0.717, 1.165) is 61.0 Å². The fourth-order valence-electron chi connectivity index (χ4n) is 6.30. The minimum atomic E-state index is -1.80. The molecule has 220 valence electrons. The molecule has 0 unspecified atom stereocenters. The standard InChI is InChI=1S/C34H50BrNO3Si/c1-24-21-28(17-20-32(24)38-5)26-13-11-25(12-14-26)23-36(30-10-8-9-29(35)22-30)33(37)27-15-18-31(19-16-27)39-40(6,7)34(2,3)4/h8-10,17,20-22,25-27,31H,11-16,18-19,23H2,1-7H3. The lowest BCUT2D eigenvalue weighted by Gasteiger charge is -2.41. The van der Waals surface area contributed by atoms with E-state index in [-0.39, 0.29) is 11.0 Å². The van der Waals surface area contributed by atoms with Crippen LogP contribution >= 0.6 is 15.9 Å². The number of hydrogen-bond donors (Lipinski definition) is 0. The molecule has 2 aromatic rings. The van der Waals surface area contributed by atoms with Gasteiger partial charge in [-0.3, -0.25) is 4.79 Å². The Morgan fingerprint density at radius 3 is 2.23 bits per heavy atom. The third kappa shape index (κ3) is 7.60. The second kappa shape index (κ2) is 13.1. The lowest BCUT2D eigenvalue weighted by Crippen LogP contribution is -2.46. The van der Waals surface area contributed by atoms with Gasteiger partial charge in [-0.2, -0.15) is 0 Å². The number of rotatable bonds is 8. The van der Waals surface area contributed by atoms with E-state index in [9.17, 15) is 4.79 Å². The minimum absolute atomic E-state index is 0.0804. The highest BCUT2D eigenvalue weighted by atomic mass is 79.9. The summed E-state index contributed by atoms with van der Waals surface area (Å²) in [5.41, 5.74) is 3.65. The molecular formula is C34H50BrNO3Si. The average molecular weight is 629 g/mol. The first-order chi connectivity index (χ1) is 18.9. The largest absolute Gasteiger partial charge is 0.496 e. The van der Waals surface area contributed by atoms with Crippen molar-refractivity contribution in [3.05, 3.63) is 58.1 Å². The van der Waals surface area contributed by atoms with Crippen molar-refractivity contribution in [3.63, 3.8) is 0 Å². The number of amides is 1. The van der Waals surface area contributed by atoms with Crippen molar-refractivity contribution in [1.29, 1.82) is 0 Å². The molecule has 2 aliphatic carbocycles. The maximum Gasteiger partial charge on any atom is 0.230 e. The summed E-state index contributed by atoms with van der Waals surface area (Å²) in [7, 11) is -0.0605. The van der Waals surface area contributed by atoms with E-state index in [0.29, 0.717) is 23.8 Å². The SMILES string of the molecule is COc1ccc(C2CCC(CN(C(=O)C3CCC(O[Si](C)(C)C(C)(C)C)CC3)c3cccc(Br)c3)CC2)cc1C. The molecule has 0 radical (unpaired) electrons. The van der Waals surface area contributed by atoms with Gasteiger partial charge in [-0.25, -0.2) is 0 Å². The van der Waals surface area contributed by atoms with E-state index in [4.69, 9.17) is 9.16 Å².